The molecular formula is C17H22N2O6S. The molecular weight excluding hydrogens is 360 g/mol. The summed E-state index contributed by atoms with van der Waals surface area (Å²) in [4.78, 5) is 10.1. The molecule has 0 fully saturated rings. The van der Waals surface area contributed by atoms with Crippen molar-refractivity contribution in [2.24, 2.45) is 0 Å². The number of nitro benzene ring substituents is 1. The van der Waals surface area contributed by atoms with Crippen LogP contribution in [0.3, 0.4) is 0 Å². The lowest BCUT2D eigenvalue weighted by Crippen LogP contribution is -2.23. The van der Waals surface area contributed by atoms with Crippen molar-refractivity contribution in [3.63, 3.8) is 0 Å². The Kier molecular flexibility index (Phi) is 8.86. The molecule has 0 saturated heterocycles. The highest BCUT2D eigenvalue weighted by Crippen LogP contribution is 2.12. The third-order valence-corrected chi connectivity index (χ3v) is 3.26. The minimum Gasteiger partial charge on any atom is -0.387 e. The van der Waals surface area contributed by atoms with Gasteiger partial charge in [-0.05, 0) is 24.1 Å². The zero-order chi connectivity index (χ0) is 19.6. The van der Waals surface area contributed by atoms with Crippen LogP contribution in [0.1, 0.15) is 17.2 Å². The lowest BCUT2D eigenvalue weighted by Gasteiger charge is -2.12. The lowest BCUT2D eigenvalue weighted by atomic mass is 10.1. The first-order valence-electron chi connectivity index (χ1n) is 7.76. The fourth-order valence-corrected chi connectivity index (χ4v) is 2.05. The number of nitrogens with zero attached hydrogens (tertiary/aromatic N) is 1. The molecule has 2 aromatic rings. The molecule has 0 amide bonds. The zero-order valence-corrected chi connectivity index (χ0v) is 15.1. The van der Waals surface area contributed by atoms with Crippen LogP contribution in [0, 0.1) is 10.1 Å². The Bertz CT molecular complexity index is 771. The van der Waals surface area contributed by atoms with Crippen LogP contribution in [0.25, 0.3) is 0 Å². The van der Waals surface area contributed by atoms with Crippen LogP contribution < -0.4 is 5.32 Å². The van der Waals surface area contributed by atoms with E-state index in [0.717, 1.165) is 17.5 Å². The van der Waals surface area contributed by atoms with Crippen molar-refractivity contribution in [2.75, 3.05) is 19.3 Å². The predicted octanol–water partition coefficient (Wildman–Crippen LogP) is 1.96. The summed E-state index contributed by atoms with van der Waals surface area (Å²) in [6.45, 7) is 1.19. The standard InChI is InChI=1S/C16H18N2O3.CH4O3S/c19-16(14-4-2-1-3-5-14)12-17-11-10-13-6-8-15(9-7-13)18(20)21;1-5(2,3)4/h1-9,16-17,19H,10-12H2;1H3,(H,2,3,4)/t16-;/m0./s1. The van der Waals surface area contributed by atoms with Gasteiger partial charge in [-0.25, -0.2) is 0 Å². The predicted molar refractivity (Wildman–Crippen MR) is 98.5 cm³/mol. The third-order valence-electron chi connectivity index (χ3n) is 3.26. The fraction of sp³-hybridized carbons (Fsp3) is 0.294. The van der Waals surface area contributed by atoms with Gasteiger partial charge >= 0.3 is 0 Å². The molecule has 26 heavy (non-hydrogen) atoms. The number of rotatable bonds is 7. The molecule has 8 nitrogen and oxygen atoms in total. The van der Waals surface area contributed by atoms with Gasteiger partial charge in [-0.1, -0.05) is 42.5 Å². The molecule has 0 radical (unpaired) electrons. The van der Waals surface area contributed by atoms with Crippen LogP contribution in [0.4, 0.5) is 5.69 Å². The van der Waals surface area contributed by atoms with E-state index in [-0.39, 0.29) is 5.69 Å². The van der Waals surface area contributed by atoms with Crippen molar-refractivity contribution in [1.29, 1.82) is 0 Å². The van der Waals surface area contributed by atoms with Crippen molar-refractivity contribution in [3.05, 3.63) is 75.8 Å². The van der Waals surface area contributed by atoms with Crippen LogP contribution in [0.2, 0.25) is 0 Å². The number of aliphatic hydroxyl groups is 1. The molecule has 0 aliphatic carbocycles. The van der Waals surface area contributed by atoms with Gasteiger partial charge in [0.25, 0.3) is 15.8 Å². The monoisotopic (exact) mass is 382 g/mol. The van der Waals surface area contributed by atoms with Crippen LogP contribution in [0.15, 0.2) is 54.6 Å². The number of nitro groups is 1. The van der Waals surface area contributed by atoms with E-state index >= 15 is 0 Å². The molecule has 0 heterocycles. The SMILES string of the molecule is CS(=O)(=O)O.O=[N+]([O-])c1ccc(CCNC[C@H](O)c2ccccc2)cc1. The van der Waals surface area contributed by atoms with E-state index in [2.05, 4.69) is 5.32 Å². The number of non-ortho nitro benzene ring substituents is 1. The Morgan fingerprint density at radius 3 is 2.15 bits per heavy atom. The molecule has 1 atom stereocenters. The van der Waals surface area contributed by atoms with Crippen molar-refractivity contribution in [1.82, 2.24) is 5.32 Å². The Balaban J connectivity index is 0.000000597. The van der Waals surface area contributed by atoms with Gasteiger partial charge in [-0.3, -0.25) is 14.7 Å². The largest absolute Gasteiger partial charge is 0.387 e. The molecule has 2 aromatic carbocycles. The molecule has 0 spiro atoms. The molecule has 0 aromatic heterocycles. The van der Waals surface area contributed by atoms with Gasteiger partial charge in [-0.15, -0.1) is 0 Å². The van der Waals surface area contributed by atoms with Crippen molar-refractivity contribution >= 4 is 15.8 Å². The number of aliphatic hydroxyl groups excluding tert-OH is 1. The van der Waals surface area contributed by atoms with Gasteiger partial charge in [0.15, 0.2) is 0 Å². The average molecular weight is 382 g/mol. The molecule has 0 aliphatic heterocycles. The smallest absolute Gasteiger partial charge is 0.269 e. The lowest BCUT2D eigenvalue weighted by molar-refractivity contribution is -0.384. The van der Waals surface area contributed by atoms with Crippen molar-refractivity contribution < 1.29 is 23.0 Å². The summed E-state index contributed by atoms with van der Waals surface area (Å²) in [6.07, 6.45) is 0.954. The Morgan fingerprint density at radius 2 is 1.65 bits per heavy atom. The van der Waals surface area contributed by atoms with Gasteiger partial charge < -0.3 is 10.4 Å². The maximum atomic E-state index is 10.5. The first kappa shape index (κ1) is 21.7. The highest BCUT2D eigenvalue weighted by molar-refractivity contribution is 7.85. The molecule has 0 bridgehead atoms. The molecule has 2 rings (SSSR count). The number of nitrogens with one attached hydrogen (secondary N) is 1. The topological polar surface area (TPSA) is 130 Å². The highest BCUT2D eigenvalue weighted by atomic mass is 32.2. The van der Waals surface area contributed by atoms with E-state index < -0.39 is 21.1 Å². The molecule has 0 unspecified atom stereocenters. The maximum Gasteiger partial charge on any atom is 0.269 e. The first-order chi connectivity index (χ1) is 12.2. The van der Waals surface area contributed by atoms with Crippen LogP contribution in [-0.4, -0.2) is 42.3 Å². The Labute approximate surface area is 152 Å². The third kappa shape index (κ3) is 9.84. The van der Waals surface area contributed by atoms with Crippen molar-refractivity contribution in [2.45, 2.75) is 12.5 Å². The van der Waals surface area contributed by atoms with E-state index in [1.54, 1.807) is 12.1 Å². The number of hydrogen-bond acceptors (Lipinski definition) is 6. The van der Waals surface area contributed by atoms with E-state index in [4.69, 9.17) is 4.55 Å². The second kappa shape index (κ2) is 10.6. The van der Waals surface area contributed by atoms with Crippen LogP contribution >= 0.6 is 0 Å². The van der Waals surface area contributed by atoms with Gasteiger partial charge in [-0.2, -0.15) is 8.42 Å². The summed E-state index contributed by atoms with van der Waals surface area (Å²) in [5.74, 6) is 0. The summed E-state index contributed by atoms with van der Waals surface area (Å²) >= 11 is 0. The molecule has 0 saturated carbocycles. The normalized spacial score (nSPS) is 12.0. The zero-order valence-electron chi connectivity index (χ0n) is 14.3. The summed E-state index contributed by atoms with van der Waals surface area (Å²) in [6, 6.07) is 16.0. The molecule has 3 N–H and O–H groups in total. The average Bonchev–Trinajstić information content (AvgIpc) is 2.58. The second-order valence-corrected chi connectivity index (χ2v) is 7.00. The summed E-state index contributed by atoms with van der Waals surface area (Å²) in [5, 5.41) is 23.7. The van der Waals surface area contributed by atoms with E-state index in [0.29, 0.717) is 19.3 Å². The van der Waals surface area contributed by atoms with Gasteiger partial charge in [0.2, 0.25) is 0 Å². The van der Waals surface area contributed by atoms with Gasteiger partial charge in [0.1, 0.15) is 0 Å². The molecule has 9 heteroatoms. The fourth-order valence-electron chi connectivity index (χ4n) is 2.05. The van der Waals surface area contributed by atoms with Gasteiger partial charge in [0, 0.05) is 18.7 Å². The first-order valence-corrected chi connectivity index (χ1v) is 9.61. The Morgan fingerprint density at radius 1 is 1.12 bits per heavy atom. The Hall–Kier alpha value is -2.33. The molecule has 142 valence electrons. The van der Waals surface area contributed by atoms with Crippen LogP contribution in [0.5, 0.6) is 0 Å². The minimum absolute atomic E-state index is 0.103. The maximum absolute atomic E-state index is 10.5. The van der Waals surface area contributed by atoms with Gasteiger partial charge in [0.05, 0.1) is 17.3 Å². The number of hydrogen-bond donors (Lipinski definition) is 3. The number of benzene rings is 2. The van der Waals surface area contributed by atoms with E-state index in [9.17, 15) is 23.6 Å². The quantitative estimate of drug-likeness (QED) is 0.289. The van der Waals surface area contributed by atoms with E-state index in [1.165, 1.54) is 12.1 Å². The van der Waals surface area contributed by atoms with Crippen molar-refractivity contribution in [3.8, 4) is 0 Å². The summed E-state index contributed by atoms with van der Waals surface area (Å²) < 4.78 is 25.9. The van der Waals surface area contributed by atoms with E-state index in [1.807, 2.05) is 30.3 Å². The highest BCUT2D eigenvalue weighted by Gasteiger charge is 2.06. The minimum atomic E-state index is -3.67. The molecule has 0 aliphatic rings. The van der Waals surface area contributed by atoms with Crippen LogP contribution in [-0.2, 0) is 16.5 Å². The summed E-state index contributed by atoms with van der Waals surface area (Å²) in [7, 11) is -3.67. The second-order valence-electron chi connectivity index (χ2n) is 5.54. The summed E-state index contributed by atoms with van der Waals surface area (Å²) in [5.41, 5.74) is 2.02.